The van der Waals surface area contributed by atoms with Crippen molar-refractivity contribution in [2.75, 3.05) is 30.2 Å². The lowest BCUT2D eigenvalue weighted by atomic mass is 10.0. The van der Waals surface area contributed by atoms with Crippen LogP contribution in [0.5, 0.6) is 0 Å². The van der Waals surface area contributed by atoms with E-state index in [1.165, 1.54) is 77.0 Å². The van der Waals surface area contributed by atoms with Gasteiger partial charge in [0.15, 0.2) is 11.5 Å². The van der Waals surface area contributed by atoms with E-state index in [4.69, 9.17) is 15.0 Å². The first-order valence-corrected chi connectivity index (χ1v) is 23.4. The SMILES string of the molecule is C[C@H](Cn1cnc2c(N)ncnc21)OCP(=O)(O)OCCSCCCCCCCCCCCC[Si](C)(C)C1CC2CCC1C2. The molecule has 2 aromatic rings. The predicted octanol–water partition coefficient (Wildman–Crippen LogP) is 8.51. The maximum Gasteiger partial charge on any atom is 0.353 e. The molecule has 44 heavy (non-hydrogen) atoms. The number of hydrogen-bond acceptors (Lipinski definition) is 8. The first-order chi connectivity index (χ1) is 21.1. The zero-order chi connectivity index (χ0) is 31.4. The van der Waals surface area contributed by atoms with E-state index in [0.717, 1.165) is 23.1 Å². The topological polar surface area (TPSA) is 125 Å². The number of fused-ring (bicyclic) bond motifs is 3. The summed E-state index contributed by atoms with van der Waals surface area (Å²) in [5, 5.41) is 0. The van der Waals surface area contributed by atoms with Crippen LogP contribution in [0.4, 0.5) is 5.82 Å². The molecule has 250 valence electrons. The second-order valence-corrected chi connectivity index (χ2v) is 22.3. The summed E-state index contributed by atoms with van der Waals surface area (Å²) in [5.74, 6) is 4.32. The second kappa shape index (κ2) is 17.8. The lowest BCUT2D eigenvalue weighted by molar-refractivity contribution is 0.0724. The molecule has 3 N–H and O–H groups in total. The molecule has 2 heterocycles. The number of ether oxygens (including phenoxy) is 1. The number of nitrogen functional groups attached to an aromatic ring is 1. The fourth-order valence-electron chi connectivity index (χ4n) is 7.55. The van der Waals surface area contributed by atoms with E-state index in [1.54, 1.807) is 48.0 Å². The van der Waals surface area contributed by atoms with Crippen LogP contribution in [0.1, 0.15) is 96.8 Å². The van der Waals surface area contributed by atoms with Crippen LogP contribution in [0.3, 0.4) is 0 Å². The average Bonchev–Trinajstić information content (AvgIpc) is 3.73. The number of hydrogen-bond donors (Lipinski definition) is 2. The first-order valence-electron chi connectivity index (χ1n) is 17.2. The molecule has 0 aromatic carbocycles. The first kappa shape index (κ1) is 35.9. The van der Waals surface area contributed by atoms with Crippen LogP contribution in [0.2, 0.25) is 24.7 Å². The highest BCUT2D eigenvalue weighted by Gasteiger charge is 2.46. The Labute approximate surface area is 270 Å². The largest absolute Gasteiger partial charge is 0.382 e. The van der Waals surface area contributed by atoms with Crippen molar-refractivity contribution in [3.05, 3.63) is 12.7 Å². The minimum atomic E-state index is -3.80. The van der Waals surface area contributed by atoms with Crippen LogP contribution in [0.15, 0.2) is 12.7 Å². The monoisotopic (exact) mass is 667 g/mol. The van der Waals surface area contributed by atoms with E-state index >= 15 is 0 Å². The molecule has 2 aliphatic rings. The molecule has 2 saturated carbocycles. The van der Waals surface area contributed by atoms with Gasteiger partial charge in [0.25, 0.3) is 0 Å². The molecular weight excluding hydrogens is 610 g/mol. The van der Waals surface area contributed by atoms with Gasteiger partial charge in [0.1, 0.15) is 18.2 Å². The number of imidazole rings is 1. The maximum atomic E-state index is 12.4. The van der Waals surface area contributed by atoms with Gasteiger partial charge in [-0.2, -0.15) is 11.8 Å². The zero-order valence-electron chi connectivity index (χ0n) is 27.5. The number of thioether (sulfide) groups is 1. The van der Waals surface area contributed by atoms with Crippen molar-refractivity contribution in [1.82, 2.24) is 19.5 Å². The minimum absolute atomic E-state index is 0.250. The summed E-state index contributed by atoms with van der Waals surface area (Å²) in [5.41, 5.74) is 8.11. The Morgan fingerprint density at radius 3 is 2.41 bits per heavy atom. The van der Waals surface area contributed by atoms with E-state index < -0.39 is 15.7 Å². The van der Waals surface area contributed by atoms with E-state index in [-0.39, 0.29) is 19.1 Å². The van der Waals surface area contributed by atoms with Crippen molar-refractivity contribution >= 4 is 44.4 Å². The van der Waals surface area contributed by atoms with Crippen LogP contribution in [-0.2, 0) is 20.4 Å². The number of anilines is 1. The highest BCUT2D eigenvalue weighted by Crippen LogP contribution is 2.56. The quantitative estimate of drug-likeness (QED) is 0.0681. The number of unbranched alkanes of at least 4 members (excludes halogenated alkanes) is 9. The molecule has 5 atom stereocenters. The smallest absolute Gasteiger partial charge is 0.353 e. The van der Waals surface area contributed by atoms with Gasteiger partial charge in [0.05, 0.1) is 33.7 Å². The van der Waals surface area contributed by atoms with Crippen LogP contribution in [0, 0.1) is 11.8 Å². The average molecular weight is 668 g/mol. The van der Waals surface area contributed by atoms with Crippen molar-refractivity contribution in [1.29, 1.82) is 0 Å². The third kappa shape index (κ3) is 11.4. The standard InChI is InChI=1S/C32H58N5O4PSSi/c1-26(22-37-24-36-30-31(33)34-23-35-32(30)37)40-25-42(38,39)41-16-18-43-17-12-10-8-6-4-5-7-9-11-13-19-44(2,3)29-21-27-14-15-28(29)20-27/h23-24,26-29H,4-22,25H2,1-3H3,(H,38,39)(H2,33,34,35)/t26-,27?,28?,29?/m1/s1. The van der Waals surface area contributed by atoms with Gasteiger partial charge < -0.3 is 24.5 Å². The van der Waals surface area contributed by atoms with E-state index in [2.05, 4.69) is 28.0 Å². The molecule has 2 fully saturated rings. The molecule has 0 radical (unpaired) electrons. The van der Waals surface area contributed by atoms with Gasteiger partial charge in [0, 0.05) is 5.75 Å². The summed E-state index contributed by atoms with van der Waals surface area (Å²) in [4.78, 5) is 22.5. The summed E-state index contributed by atoms with van der Waals surface area (Å²) in [6.07, 6.45) is 22.3. The maximum absolute atomic E-state index is 12.4. The van der Waals surface area contributed by atoms with Crippen LogP contribution >= 0.6 is 19.4 Å². The molecule has 0 amide bonds. The van der Waals surface area contributed by atoms with Crippen molar-refractivity contribution in [2.45, 2.75) is 134 Å². The Bertz CT molecular complexity index is 1190. The van der Waals surface area contributed by atoms with Gasteiger partial charge in [-0.1, -0.05) is 89.8 Å². The summed E-state index contributed by atoms with van der Waals surface area (Å²) in [6.45, 7) is 7.88. The second-order valence-electron chi connectivity index (χ2n) is 14.1. The number of nitrogens with zero attached hydrogens (tertiary/aromatic N) is 4. The van der Waals surface area contributed by atoms with E-state index in [9.17, 15) is 9.46 Å². The molecule has 4 rings (SSSR count). The Morgan fingerprint density at radius 1 is 1.02 bits per heavy atom. The normalized spacial score (nSPS) is 22.1. The van der Waals surface area contributed by atoms with Crippen molar-refractivity contribution in [3.63, 3.8) is 0 Å². The molecule has 2 aliphatic carbocycles. The Morgan fingerprint density at radius 2 is 1.73 bits per heavy atom. The fourth-order valence-corrected chi connectivity index (χ4v) is 13.5. The lowest BCUT2D eigenvalue weighted by Crippen LogP contribution is -2.35. The van der Waals surface area contributed by atoms with Crippen molar-refractivity contribution in [3.8, 4) is 0 Å². The van der Waals surface area contributed by atoms with Crippen LogP contribution < -0.4 is 5.73 Å². The minimum Gasteiger partial charge on any atom is -0.382 e. The Hall–Kier alpha value is -0.973. The highest BCUT2D eigenvalue weighted by atomic mass is 32.2. The molecule has 0 aliphatic heterocycles. The molecular formula is C32H58N5O4PSSi. The highest BCUT2D eigenvalue weighted by molar-refractivity contribution is 7.99. The predicted molar refractivity (Wildman–Crippen MR) is 186 cm³/mol. The van der Waals surface area contributed by atoms with Gasteiger partial charge in [0.2, 0.25) is 0 Å². The Balaban J connectivity index is 0.907. The van der Waals surface area contributed by atoms with Crippen LogP contribution in [0.25, 0.3) is 11.2 Å². The van der Waals surface area contributed by atoms with Crippen molar-refractivity contribution < 1.29 is 18.7 Å². The summed E-state index contributed by atoms with van der Waals surface area (Å²) < 4.78 is 25.0. The van der Waals surface area contributed by atoms with Crippen LogP contribution in [-0.4, -0.2) is 63.1 Å². The van der Waals surface area contributed by atoms with Gasteiger partial charge in [-0.3, -0.25) is 4.57 Å². The van der Waals surface area contributed by atoms with E-state index in [0.29, 0.717) is 29.3 Å². The zero-order valence-corrected chi connectivity index (χ0v) is 30.2. The fraction of sp³-hybridized carbons (Fsp3) is 0.844. The summed E-state index contributed by atoms with van der Waals surface area (Å²) in [7, 11) is -4.81. The van der Waals surface area contributed by atoms with Gasteiger partial charge in [-0.15, -0.1) is 0 Å². The molecule has 12 heteroatoms. The van der Waals surface area contributed by atoms with E-state index in [1.807, 2.05) is 6.92 Å². The van der Waals surface area contributed by atoms with Gasteiger partial charge >= 0.3 is 7.60 Å². The molecule has 4 unspecified atom stereocenters. The van der Waals surface area contributed by atoms with Gasteiger partial charge in [-0.25, -0.2) is 15.0 Å². The summed E-state index contributed by atoms with van der Waals surface area (Å²) >= 11 is 1.79. The van der Waals surface area contributed by atoms with Crippen molar-refractivity contribution in [2.24, 2.45) is 11.8 Å². The number of aromatic nitrogens is 4. The van der Waals surface area contributed by atoms with Gasteiger partial charge in [-0.05, 0) is 49.3 Å². The summed E-state index contributed by atoms with van der Waals surface area (Å²) in [6, 6.07) is 1.57. The number of nitrogens with two attached hydrogens (primary N) is 1. The molecule has 0 spiro atoms. The third-order valence-electron chi connectivity index (χ3n) is 10.0. The number of rotatable bonds is 23. The third-order valence-corrected chi connectivity index (χ3v) is 16.5. The Kier molecular flexibility index (Phi) is 14.5. The molecule has 2 aromatic heterocycles. The molecule has 9 nitrogen and oxygen atoms in total. The lowest BCUT2D eigenvalue weighted by Gasteiger charge is -2.36. The molecule has 0 saturated heterocycles. The molecule has 2 bridgehead atoms.